The van der Waals surface area contributed by atoms with Crippen LogP contribution in [0.25, 0.3) is 10.9 Å². The Morgan fingerprint density at radius 2 is 1.88 bits per heavy atom. The third kappa shape index (κ3) is 2.39. The predicted octanol–water partition coefficient (Wildman–Crippen LogP) is 3.74. The van der Waals surface area contributed by atoms with E-state index in [9.17, 15) is 9.90 Å². The lowest BCUT2D eigenvalue weighted by molar-refractivity contribution is -0.145. The molecule has 3 aromatic rings. The van der Waals surface area contributed by atoms with E-state index in [2.05, 4.69) is 28.9 Å². The van der Waals surface area contributed by atoms with Crippen molar-refractivity contribution in [3.05, 3.63) is 71.4 Å². The van der Waals surface area contributed by atoms with Crippen LogP contribution in [-0.2, 0) is 17.8 Å². The van der Waals surface area contributed by atoms with E-state index >= 15 is 0 Å². The number of aromatic amines is 1. The first-order chi connectivity index (χ1) is 11.6. The molecule has 1 aliphatic rings. The summed E-state index contributed by atoms with van der Waals surface area (Å²) in [6.07, 6.45) is 0.534. The molecule has 0 amide bonds. The summed E-state index contributed by atoms with van der Waals surface area (Å²) in [5.74, 6) is -0.756. The summed E-state index contributed by atoms with van der Waals surface area (Å²) in [5.41, 5.74) is 4.51. The van der Waals surface area contributed by atoms with Crippen LogP contribution in [0.1, 0.15) is 29.8 Å². The number of carboxylic acids is 1. The third-order valence-corrected chi connectivity index (χ3v) is 5.05. The number of hydrogen-bond acceptors (Lipinski definition) is 2. The Bertz CT molecular complexity index is 885. The fourth-order valence-electron chi connectivity index (χ4n) is 3.81. The number of aliphatic carboxylic acids is 1. The molecule has 0 radical (unpaired) electrons. The lowest BCUT2D eigenvalue weighted by atomic mass is 9.91. The van der Waals surface area contributed by atoms with Gasteiger partial charge >= 0.3 is 5.97 Å². The van der Waals surface area contributed by atoms with E-state index < -0.39 is 12.0 Å². The van der Waals surface area contributed by atoms with Crippen LogP contribution in [0.15, 0.2) is 54.6 Å². The summed E-state index contributed by atoms with van der Waals surface area (Å²) in [7, 11) is 0. The van der Waals surface area contributed by atoms with Gasteiger partial charge in [-0.05, 0) is 24.1 Å². The molecule has 4 heteroatoms. The summed E-state index contributed by atoms with van der Waals surface area (Å²) < 4.78 is 0. The van der Waals surface area contributed by atoms with Gasteiger partial charge in [0.2, 0.25) is 0 Å². The average molecular weight is 320 g/mol. The van der Waals surface area contributed by atoms with Crippen molar-refractivity contribution in [2.45, 2.75) is 32.0 Å². The maximum atomic E-state index is 11.9. The van der Waals surface area contributed by atoms with Crippen LogP contribution in [0.2, 0.25) is 0 Å². The predicted molar refractivity (Wildman–Crippen MR) is 93.8 cm³/mol. The highest BCUT2D eigenvalue weighted by Crippen LogP contribution is 2.37. The number of nitrogens with one attached hydrogen (secondary N) is 1. The normalized spacial score (nSPS) is 20.9. The van der Waals surface area contributed by atoms with Crippen LogP contribution >= 0.6 is 0 Å². The summed E-state index contributed by atoms with van der Waals surface area (Å²) in [6, 6.07) is 17.7. The van der Waals surface area contributed by atoms with Crippen LogP contribution in [0.5, 0.6) is 0 Å². The summed E-state index contributed by atoms with van der Waals surface area (Å²) in [4.78, 5) is 17.5. The van der Waals surface area contributed by atoms with Crippen LogP contribution in [0, 0.1) is 0 Å². The molecule has 0 saturated carbocycles. The van der Waals surface area contributed by atoms with E-state index in [1.807, 2.05) is 42.5 Å². The Kier molecular flexibility index (Phi) is 3.62. The van der Waals surface area contributed by atoms with Crippen molar-refractivity contribution in [3.63, 3.8) is 0 Å². The van der Waals surface area contributed by atoms with Gasteiger partial charge in [-0.3, -0.25) is 9.69 Å². The van der Waals surface area contributed by atoms with Gasteiger partial charge < -0.3 is 10.1 Å². The first kappa shape index (κ1) is 15.0. The molecule has 2 aromatic carbocycles. The van der Waals surface area contributed by atoms with Gasteiger partial charge in [-0.2, -0.15) is 0 Å². The average Bonchev–Trinajstić information content (AvgIpc) is 2.97. The molecule has 0 saturated heterocycles. The number of carboxylic acid groups (broad SMARTS) is 1. The topological polar surface area (TPSA) is 56.3 Å². The van der Waals surface area contributed by atoms with Crippen molar-refractivity contribution in [2.24, 2.45) is 0 Å². The lowest BCUT2D eigenvalue weighted by Gasteiger charge is -2.38. The summed E-state index contributed by atoms with van der Waals surface area (Å²) >= 11 is 0. The standard InChI is InChI=1S/C20H20N2O2/c1-13-19-16(15-9-5-6-10-17(15)21-19)11-18(20(23)24)22(13)12-14-7-3-2-4-8-14/h2-10,13,18,21H,11-12H2,1H3,(H,23,24)/t13-,18-/m1/s1. The van der Waals surface area contributed by atoms with Crippen molar-refractivity contribution in [2.75, 3.05) is 0 Å². The van der Waals surface area contributed by atoms with Gasteiger partial charge in [0.05, 0.1) is 0 Å². The highest BCUT2D eigenvalue weighted by atomic mass is 16.4. The van der Waals surface area contributed by atoms with E-state index in [4.69, 9.17) is 0 Å². The van der Waals surface area contributed by atoms with Crippen molar-refractivity contribution in [1.29, 1.82) is 0 Å². The number of hydrogen-bond donors (Lipinski definition) is 2. The Labute approximate surface area is 140 Å². The van der Waals surface area contributed by atoms with Crippen LogP contribution in [0.4, 0.5) is 0 Å². The zero-order valence-corrected chi connectivity index (χ0v) is 13.6. The van der Waals surface area contributed by atoms with Gasteiger partial charge in [0.1, 0.15) is 6.04 Å². The van der Waals surface area contributed by atoms with E-state index in [1.54, 1.807) is 0 Å². The first-order valence-corrected chi connectivity index (χ1v) is 8.27. The fourth-order valence-corrected chi connectivity index (χ4v) is 3.81. The second kappa shape index (κ2) is 5.80. The van der Waals surface area contributed by atoms with Crippen molar-refractivity contribution >= 4 is 16.9 Å². The largest absolute Gasteiger partial charge is 0.480 e. The number of fused-ring (bicyclic) bond motifs is 3. The number of aromatic nitrogens is 1. The molecule has 122 valence electrons. The van der Waals surface area contributed by atoms with Gasteiger partial charge in [-0.25, -0.2) is 0 Å². The number of carbonyl (C=O) groups is 1. The van der Waals surface area contributed by atoms with Crippen molar-refractivity contribution < 1.29 is 9.90 Å². The lowest BCUT2D eigenvalue weighted by Crippen LogP contribution is -2.46. The smallest absolute Gasteiger partial charge is 0.321 e. The SMILES string of the molecule is C[C@@H]1c2[nH]c3ccccc3c2C[C@H](C(=O)O)N1Cc1ccccc1. The Hall–Kier alpha value is -2.59. The Morgan fingerprint density at radius 1 is 1.17 bits per heavy atom. The molecular formula is C20H20N2O2. The molecule has 0 aliphatic carbocycles. The monoisotopic (exact) mass is 320 g/mol. The van der Waals surface area contributed by atoms with E-state index in [0.29, 0.717) is 13.0 Å². The minimum atomic E-state index is -0.756. The van der Waals surface area contributed by atoms with Crippen molar-refractivity contribution in [3.8, 4) is 0 Å². The molecule has 2 N–H and O–H groups in total. The molecule has 0 spiro atoms. The molecule has 0 bridgehead atoms. The maximum Gasteiger partial charge on any atom is 0.321 e. The summed E-state index contributed by atoms with van der Waals surface area (Å²) in [5, 5.41) is 10.9. The summed E-state index contributed by atoms with van der Waals surface area (Å²) in [6.45, 7) is 2.72. The van der Waals surface area contributed by atoms with E-state index in [0.717, 1.165) is 27.7 Å². The molecule has 1 aliphatic heterocycles. The van der Waals surface area contributed by atoms with Crippen LogP contribution in [-0.4, -0.2) is 27.0 Å². The zero-order chi connectivity index (χ0) is 16.7. The second-order valence-corrected chi connectivity index (χ2v) is 6.45. The number of rotatable bonds is 3. The van der Waals surface area contributed by atoms with Crippen molar-refractivity contribution in [1.82, 2.24) is 9.88 Å². The minimum Gasteiger partial charge on any atom is -0.480 e. The molecule has 0 fully saturated rings. The third-order valence-electron chi connectivity index (χ3n) is 5.05. The Balaban J connectivity index is 1.77. The van der Waals surface area contributed by atoms with Crippen LogP contribution < -0.4 is 0 Å². The number of benzene rings is 2. The molecule has 2 atom stereocenters. The Morgan fingerprint density at radius 3 is 2.62 bits per heavy atom. The van der Waals surface area contributed by atoms with Gasteiger partial charge in [-0.1, -0.05) is 48.5 Å². The highest BCUT2D eigenvalue weighted by Gasteiger charge is 2.37. The number of para-hydroxylation sites is 1. The van der Waals surface area contributed by atoms with E-state index in [-0.39, 0.29) is 6.04 Å². The fraction of sp³-hybridized carbons (Fsp3) is 0.250. The molecule has 0 unspecified atom stereocenters. The first-order valence-electron chi connectivity index (χ1n) is 8.27. The van der Waals surface area contributed by atoms with Crippen LogP contribution in [0.3, 0.4) is 0 Å². The maximum absolute atomic E-state index is 11.9. The van der Waals surface area contributed by atoms with Gasteiger partial charge in [0.25, 0.3) is 0 Å². The molecule has 2 heterocycles. The van der Waals surface area contributed by atoms with Gasteiger partial charge in [0, 0.05) is 35.6 Å². The zero-order valence-electron chi connectivity index (χ0n) is 13.6. The number of H-pyrrole nitrogens is 1. The molecule has 4 nitrogen and oxygen atoms in total. The molecular weight excluding hydrogens is 300 g/mol. The highest BCUT2D eigenvalue weighted by molar-refractivity contribution is 5.86. The molecule has 4 rings (SSSR count). The van der Waals surface area contributed by atoms with E-state index in [1.165, 1.54) is 0 Å². The molecule has 24 heavy (non-hydrogen) atoms. The van der Waals surface area contributed by atoms with Gasteiger partial charge in [0.15, 0.2) is 0 Å². The van der Waals surface area contributed by atoms with Gasteiger partial charge in [-0.15, -0.1) is 0 Å². The number of nitrogens with zero attached hydrogens (tertiary/aromatic N) is 1. The quantitative estimate of drug-likeness (QED) is 0.773. The second-order valence-electron chi connectivity index (χ2n) is 6.45. The minimum absolute atomic E-state index is 0.0301. The molecule has 1 aromatic heterocycles.